The van der Waals surface area contributed by atoms with Crippen LogP contribution in [0.25, 0.3) is 0 Å². The normalized spacial score (nSPS) is 12.2. The van der Waals surface area contributed by atoms with Crippen LogP contribution in [-0.4, -0.2) is 28.8 Å². The molecular formula is C11H13F2NO3. The van der Waals surface area contributed by atoms with E-state index in [2.05, 4.69) is 5.32 Å². The second-order valence-electron chi connectivity index (χ2n) is 3.68. The summed E-state index contributed by atoms with van der Waals surface area (Å²) in [6.07, 6.45) is 0.333. The van der Waals surface area contributed by atoms with Gasteiger partial charge in [-0.2, -0.15) is 0 Å². The highest BCUT2D eigenvalue weighted by Crippen LogP contribution is 2.22. The molecule has 0 fully saturated rings. The lowest BCUT2D eigenvalue weighted by Crippen LogP contribution is -2.18. The van der Waals surface area contributed by atoms with Gasteiger partial charge < -0.3 is 15.5 Å². The lowest BCUT2D eigenvalue weighted by Gasteiger charge is -2.15. The summed E-state index contributed by atoms with van der Waals surface area (Å²) in [6, 6.07) is 1.18. The van der Waals surface area contributed by atoms with Crippen molar-refractivity contribution >= 4 is 11.7 Å². The molecule has 0 aliphatic heterocycles. The summed E-state index contributed by atoms with van der Waals surface area (Å²) >= 11 is 0. The number of nitrogens with one attached hydrogen (secondary N) is 1. The second-order valence-corrected chi connectivity index (χ2v) is 3.68. The quantitative estimate of drug-likeness (QED) is 0.740. The Morgan fingerprint density at radius 3 is 2.35 bits per heavy atom. The van der Waals surface area contributed by atoms with Gasteiger partial charge in [-0.25, -0.2) is 13.6 Å². The van der Waals surface area contributed by atoms with Crippen molar-refractivity contribution in [2.45, 2.75) is 19.4 Å². The van der Waals surface area contributed by atoms with Gasteiger partial charge in [0.1, 0.15) is 17.3 Å². The van der Waals surface area contributed by atoms with Crippen LogP contribution < -0.4 is 5.32 Å². The number of anilines is 1. The molecule has 6 heteroatoms. The van der Waals surface area contributed by atoms with Crippen LogP contribution in [0.1, 0.15) is 23.7 Å². The Labute approximate surface area is 96.9 Å². The molecule has 17 heavy (non-hydrogen) atoms. The SMILES string of the molecule is CC(CCO)Nc1c(F)cc(C(=O)O)cc1F. The highest BCUT2D eigenvalue weighted by molar-refractivity contribution is 5.88. The third-order valence-electron chi connectivity index (χ3n) is 2.24. The number of hydrogen-bond acceptors (Lipinski definition) is 3. The van der Waals surface area contributed by atoms with Crippen molar-refractivity contribution in [2.75, 3.05) is 11.9 Å². The molecule has 0 heterocycles. The molecule has 0 saturated heterocycles. The summed E-state index contributed by atoms with van der Waals surface area (Å²) in [7, 11) is 0. The van der Waals surface area contributed by atoms with Gasteiger partial charge in [-0.05, 0) is 25.5 Å². The first kappa shape index (κ1) is 13.4. The third kappa shape index (κ3) is 3.39. The maximum atomic E-state index is 13.4. The zero-order valence-corrected chi connectivity index (χ0v) is 9.20. The number of aromatic carboxylic acids is 1. The van der Waals surface area contributed by atoms with E-state index in [4.69, 9.17) is 10.2 Å². The van der Waals surface area contributed by atoms with E-state index < -0.39 is 23.2 Å². The molecule has 94 valence electrons. The standard InChI is InChI=1S/C11H13F2NO3/c1-6(2-3-15)14-10-8(12)4-7(11(16)17)5-9(10)13/h4-6,14-15H,2-3H2,1H3,(H,16,17). The number of halogens is 2. The highest BCUT2D eigenvalue weighted by atomic mass is 19.1. The van der Waals surface area contributed by atoms with Crippen molar-refractivity contribution in [3.8, 4) is 0 Å². The predicted molar refractivity (Wildman–Crippen MR) is 58.1 cm³/mol. The number of carboxylic acid groups (broad SMARTS) is 1. The Morgan fingerprint density at radius 1 is 1.41 bits per heavy atom. The minimum absolute atomic E-state index is 0.107. The molecule has 0 aromatic heterocycles. The molecule has 0 aliphatic carbocycles. The maximum absolute atomic E-state index is 13.4. The van der Waals surface area contributed by atoms with E-state index in [9.17, 15) is 13.6 Å². The molecule has 1 aromatic carbocycles. The van der Waals surface area contributed by atoms with Crippen LogP contribution in [0.4, 0.5) is 14.5 Å². The fraction of sp³-hybridized carbons (Fsp3) is 0.364. The van der Waals surface area contributed by atoms with E-state index in [1.165, 1.54) is 0 Å². The van der Waals surface area contributed by atoms with Crippen LogP contribution in [0.3, 0.4) is 0 Å². The zero-order valence-electron chi connectivity index (χ0n) is 9.20. The fourth-order valence-electron chi connectivity index (χ4n) is 1.35. The van der Waals surface area contributed by atoms with Crippen LogP contribution in [0, 0.1) is 11.6 Å². The molecule has 0 radical (unpaired) electrons. The molecule has 0 saturated carbocycles. The third-order valence-corrected chi connectivity index (χ3v) is 2.24. The van der Waals surface area contributed by atoms with Gasteiger partial charge in [0.15, 0.2) is 0 Å². The van der Waals surface area contributed by atoms with Crippen LogP contribution in [0.15, 0.2) is 12.1 Å². The number of carboxylic acids is 1. The Hall–Kier alpha value is -1.69. The van der Waals surface area contributed by atoms with Crippen LogP contribution in [-0.2, 0) is 0 Å². The lowest BCUT2D eigenvalue weighted by atomic mass is 10.1. The maximum Gasteiger partial charge on any atom is 0.335 e. The Balaban J connectivity index is 2.97. The van der Waals surface area contributed by atoms with Gasteiger partial charge in [-0.15, -0.1) is 0 Å². The van der Waals surface area contributed by atoms with Crippen LogP contribution >= 0.6 is 0 Å². The topological polar surface area (TPSA) is 69.6 Å². The smallest absolute Gasteiger partial charge is 0.335 e. The highest BCUT2D eigenvalue weighted by Gasteiger charge is 2.15. The lowest BCUT2D eigenvalue weighted by molar-refractivity contribution is 0.0696. The summed E-state index contributed by atoms with van der Waals surface area (Å²) in [4.78, 5) is 10.6. The Morgan fingerprint density at radius 2 is 1.94 bits per heavy atom. The summed E-state index contributed by atoms with van der Waals surface area (Å²) < 4.78 is 26.9. The molecule has 0 spiro atoms. The van der Waals surface area contributed by atoms with E-state index >= 15 is 0 Å². The molecule has 1 aromatic rings. The summed E-state index contributed by atoms with van der Waals surface area (Å²) in [5.41, 5.74) is -0.823. The molecule has 1 atom stereocenters. The van der Waals surface area contributed by atoms with E-state index in [0.717, 1.165) is 12.1 Å². The molecule has 3 N–H and O–H groups in total. The number of carbonyl (C=O) groups is 1. The molecule has 4 nitrogen and oxygen atoms in total. The Bertz CT molecular complexity index is 400. The fourth-order valence-corrected chi connectivity index (χ4v) is 1.35. The minimum atomic E-state index is -1.39. The second kappa shape index (κ2) is 5.58. The van der Waals surface area contributed by atoms with Crippen molar-refractivity contribution in [2.24, 2.45) is 0 Å². The predicted octanol–water partition coefficient (Wildman–Crippen LogP) is 1.85. The van der Waals surface area contributed by atoms with Gasteiger partial charge >= 0.3 is 5.97 Å². The van der Waals surface area contributed by atoms with Gasteiger partial charge in [0, 0.05) is 12.6 Å². The van der Waals surface area contributed by atoms with Crippen molar-refractivity contribution in [1.82, 2.24) is 0 Å². The van der Waals surface area contributed by atoms with Crippen molar-refractivity contribution in [3.05, 3.63) is 29.3 Å². The first-order chi connectivity index (χ1) is 7.95. The monoisotopic (exact) mass is 245 g/mol. The van der Waals surface area contributed by atoms with E-state index in [0.29, 0.717) is 6.42 Å². The molecule has 0 bridgehead atoms. The van der Waals surface area contributed by atoms with Crippen molar-refractivity contribution < 1.29 is 23.8 Å². The number of aliphatic hydroxyl groups is 1. The number of rotatable bonds is 5. The number of hydrogen-bond donors (Lipinski definition) is 3. The van der Waals surface area contributed by atoms with Crippen molar-refractivity contribution in [1.29, 1.82) is 0 Å². The Kier molecular flexibility index (Phi) is 4.39. The largest absolute Gasteiger partial charge is 0.478 e. The summed E-state index contributed by atoms with van der Waals surface area (Å²) in [5.74, 6) is -3.32. The molecular weight excluding hydrogens is 232 g/mol. The molecule has 0 amide bonds. The van der Waals surface area contributed by atoms with E-state index in [1.54, 1.807) is 6.92 Å². The summed E-state index contributed by atoms with van der Waals surface area (Å²) in [6.45, 7) is 1.55. The van der Waals surface area contributed by atoms with E-state index in [1.807, 2.05) is 0 Å². The first-order valence-electron chi connectivity index (χ1n) is 5.05. The van der Waals surface area contributed by atoms with Gasteiger partial charge in [-0.3, -0.25) is 0 Å². The number of benzene rings is 1. The average molecular weight is 245 g/mol. The first-order valence-corrected chi connectivity index (χ1v) is 5.05. The van der Waals surface area contributed by atoms with Gasteiger partial charge in [0.25, 0.3) is 0 Å². The van der Waals surface area contributed by atoms with E-state index in [-0.39, 0.29) is 18.3 Å². The van der Waals surface area contributed by atoms with Gasteiger partial charge in [0.2, 0.25) is 0 Å². The van der Waals surface area contributed by atoms with Gasteiger partial charge in [-0.1, -0.05) is 0 Å². The minimum Gasteiger partial charge on any atom is -0.478 e. The summed E-state index contributed by atoms with van der Waals surface area (Å²) in [5, 5.41) is 19.8. The zero-order chi connectivity index (χ0) is 13.0. The number of aliphatic hydroxyl groups excluding tert-OH is 1. The molecule has 1 rings (SSSR count). The van der Waals surface area contributed by atoms with Gasteiger partial charge in [0.05, 0.1) is 5.56 Å². The van der Waals surface area contributed by atoms with Crippen LogP contribution in [0.2, 0.25) is 0 Å². The van der Waals surface area contributed by atoms with Crippen LogP contribution in [0.5, 0.6) is 0 Å². The van der Waals surface area contributed by atoms with Crippen molar-refractivity contribution in [3.63, 3.8) is 0 Å². The average Bonchev–Trinajstić information content (AvgIpc) is 2.23. The molecule has 1 unspecified atom stereocenters. The molecule has 0 aliphatic rings.